The SMILES string of the molecule is CSC(C)(C)CNC(=O)c1ccc(Br)cc1S. The third-order valence-electron chi connectivity index (χ3n) is 2.43. The Morgan fingerprint density at radius 1 is 1.53 bits per heavy atom. The van der Waals surface area contributed by atoms with E-state index in [0.717, 1.165) is 4.47 Å². The highest BCUT2D eigenvalue weighted by atomic mass is 79.9. The quantitative estimate of drug-likeness (QED) is 0.824. The summed E-state index contributed by atoms with van der Waals surface area (Å²) in [4.78, 5) is 12.6. The minimum absolute atomic E-state index is 0.0434. The lowest BCUT2D eigenvalue weighted by molar-refractivity contribution is 0.0948. The zero-order valence-corrected chi connectivity index (χ0v) is 13.4. The normalized spacial score (nSPS) is 11.4. The first-order valence-corrected chi connectivity index (χ1v) is 7.64. The molecule has 94 valence electrons. The minimum atomic E-state index is -0.0791. The number of hydrogen-bond donors (Lipinski definition) is 2. The van der Waals surface area contributed by atoms with Crippen LogP contribution in [-0.2, 0) is 0 Å². The molecular weight excluding hydrogens is 318 g/mol. The predicted octanol–water partition coefficient (Wildman–Crippen LogP) is 3.61. The number of carbonyl (C=O) groups is 1. The predicted molar refractivity (Wildman–Crippen MR) is 81.3 cm³/mol. The highest BCUT2D eigenvalue weighted by molar-refractivity contribution is 9.10. The monoisotopic (exact) mass is 333 g/mol. The van der Waals surface area contributed by atoms with Crippen LogP contribution in [0.5, 0.6) is 0 Å². The van der Waals surface area contributed by atoms with Crippen LogP contribution in [0.15, 0.2) is 27.6 Å². The van der Waals surface area contributed by atoms with Gasteiger partial charge in [0.05, 0.1) is 5.56 Å². The highest BCUT2D eigenvalue weighted by Crippen LogP contribution is 2.22. The molecule has 0 aliphatic rings. The number of amides is 1. The van der Waals surface area contributed by atoms with E-state index >= 15 is 0 Å². The first kappa shape index (κ1) is 14.9. The molecule has 0 fully saturated rings. The van der Waals surface area contributed by atoms with Crippen molar-refractivity contribution in [3.05, 3.63) is 28.2 Å². The second kappa shape index (κ2) is 6.16. The Balaban J connectivity index is 2.71. The third-order valence-corrected chi connectivity index (χ3v) is 4.54. The molecule has 0 radical (unpaired) electrons. The lowest BCUT2D eigenvalue weighted by Gasteiger charge is -2.22. The van der Waals surface area contributed by atoms with Crippen molar-refractivity contribution >= 4 is 46.2 Å². The summed E-state index contributed by atoms with van der Waals surface area (Å²) >= 11 is 9.37. The number of nitrogens with one attached hydrogen (secondary N) is 1. The summed E-state index contributed by atoms with van der Waals surface area (Å²) in [6.07, 6.45) is 2.04. The molecule has 1 aromatic rings. The van der Waals surface area contributed by atoms with Gasteiger partial charge in [0.15, 0.2) is 0 Å². The molecule has 0 bridgehead atoms. The van der Waals surface area contributed by atoms with E-state index in [1.54, 1.807) is 17.8 Å². The van der Waals surface area contributed by atoms with Gasteiger partial charge in [-0.3, -0.25) is 4.79 Å². The molecule has 0 atom stereocenters. The second-order valence-electron chi connectivity index (χ2n) is 4.31. The zero-order valence-electron chi connectivity index (χ0n) is 10.1. The van der Waals surface area contributed by atoms with Crippen molar-refractivity contribution < 1.29 is 4.79 Å². The Morgan fingerprint density at radius 3 is 2.71 bits per heavy atom. The van der Waals surface area contributed by atoms with Crippen molar-refractivity contribution in [2.24, 2.45) is 0 Å². The number of thioether (sulfide) groups is 1. The van der Waals surface area contributed by atoms with E-state index in [9.17, 15) is 4.79 Å². The van der Waals surface area contributed by atoms with Crippen LogP contribution in [0.3, 0.4) is 0 Å². The molecule has 0 aliphatic heterocycles. The smallest absolute Gasteiger partial charge is 0.252 e. The molecule has 1 amide bonds. The van der Waals surface area contributed by atoms with Crippen molar-refractivity contribution in [1.29, 1.82) is 0 Å². The minimum Gasteiger partial charge on any atom is -0.351 e. The van der Waals surface area contributed by atoms with Crippen molar-refractivity contribution in [2.75, 3.05) is 12.8 Å². The molecule has 0 aliphatic carbocycles. The summed E-state index contributed by atoms with van der Waals surface area (Å²) in [5.41, 5.74) is 0.605. The van der Waals surface area contributed by atoms with Gasteiger partial charge in [0.25, 0.3) is 5.91 Å². The van der Waals surface area contributed by atoms with Gasteiger partial charge < -0.3 is 5.32 Å². The van der Waals surface area contributed by atoms with E-state index in [1.165, 1.54) is 0 Å². The van der Waals surface area contributed by atoms with E-state index in [4.69, 9.17) is 0 Å². The maximum Gasteiger partial charge on any atom is 0.252 e. The molecular formula is C12H16BrNOS2. The van der Waals surface area contributed by atoms with Crippen molar-refractivity contribution in [3.8, 4) is 0 Å². The summed E-state index contributed by atoms with van der Waals surface area (Å²) < 4.78 is 0.963. The number of thiol groups is 1. The molecule has 2 nitrogen and oxygen atoms in total. The van der Waals surface area contributed by atoms with Crippen LogP contribution in [0.25, 0.3) is 0 Å². The summed E-state index contributed by atoms with van der Waals surface area (Å²) in [7, 11) is 0. The van der Waals surface area contributed by atoms with E-state index < -0.39 is 0 Å². The van der Waals surface area contributed by atoms with Gasteiger partial charge in [0.1, 0.15) is 0 Å². The maximum absolute atomic E-state index is 12.0. The van der Waals surface area contributed by atoms with E-state index in [0.29, 0.717) is 17.0 Å². The van der Waals surface area contributed by atoms with Gasteiger partial charge in [-0.05, 0) is 38.3 Å². The van der Waals surface area contributed by atoms with Crippen molar-refractivity contribution in [2.45, 2.75) is 23.5 Å². The van der Waals surface area contributed by atoms with Gasteiger partial charge in [0, 0.05) is 20.7 Å². The Morgan fingerprint density at radius 2 is 2.18 bits per heavy atom. The zero-order chi connectivity index (χ0) is 13.1. The van der Waals surface area contributed by atoms with Gasteiger partial charge in [-0.15, -0.1) is 12.6 Å². The fraction of sp³-hybridized carbons (Fsp3) is 0.417. The van der Waals surface area contributed by atoms with Gasteiger partial charge >= 0.3 is 0 Å². The fourth-order valence-corrected chi connectivity index (χ4v) is 2.23. The Kier molecular flexibility index (Phi) is 5.41. The Hall–Kier alpha value is -0.130. The number of benzene rings is 1. The number of rotatable bonds is 4. The summed E-state index contributed by atoms with van der Waals surface area (Å²) in [5, 5.41) is 2.93. The molecule has 0 aromatic heterocycles. The topological polar surface area (TPSA) is 29.1 Å². The first-order valence-electron chi connectivity index (χ1n) is 5.17. The molecule has 17 heavy (non-hydrogen) atoms. The molecule has 0 saturated carbocycles. The van der Waals surface area contributed by atoms with E-state index in [1.807, 2.05) is 18.4 Å². The summed E-state index contributed by atoms with van der Waals surface area (Å²) in [6.45, 7) is 4.83. The number of hydrogen-bond acceptors (Lipinski definition) is 3. The lowest BCUT2D eigenvalue weighted by Crippen LogP contribution is -2.36. The number of halogens is 1. The van der Waals surface area contributed by atoms with Crippen LogP contribution >= 0.6 is 40.3 Å². The van der Waals surface area contributed by atoms with Crippen molar-refractivity contribution in [3.63, 3.8) is 0 Å². The molecule has 0 spiro atoms. The molecule has 1 aromatic carbocycles. The summed E-state index contributed by atoms with van der Waals surface area (Å²) in [5.74, 6) is -0.0791. The summed E-state index contributed by atoms with van der Waals surface area (Å²) in [6, 6.07) is 5.43. The largest absolute Gasteiger partial charge is 0.351 e. The Bertz CT molecular complexity index is 421. The van der Waals surface area contributed by atoms with Crippen LogP contribution in [0, 0.1) is 0 Å². The second-order valence-corrected chi connectivity index (χ2v) is 7.22. The van der Waals surface area contributed by atoms with Crippen LogP contribution in [0.2, 0.25) is 0 Å². The molecule has 0 heterocycles. The molecule has 0 saturated heterocycles. The molecule has 0 unspecified atom stereocenters. The van der Waals surface area contributed by atoms with Crippen LogP contribution in [-0.4, -0.2) is 23.5 Å². The standard InChI is InChI=1S/C12H16BrNOS2/c1-12(2,17-3)7-14-11(15)9-5-4-8(13)6-10(9)16/h4-6,16H,7H2,1-3H3,(H,14,15). The molecule has 1 rings (SSSR count). The molecule has 5 heteroatoms. The average Bonchev–Trinajstić information content (AvgIpc) is 2.26. The van der Waals surface area contributed by atoms with Gasteiger partial charge in [-0.25, -0.2) is 0 Å². The van der Waals surface area contributed by atoms with Crippen LogP contribution in [0.1, 0.15) is 24.2 Å². The van der Waals surface area contributed by atoms with Crippen LogP contribution < -0.4 is 5.32 Å². The average molecular weight is 334 g/mol. The fourth-order valence-electron chi connectivity index (χ4n) is 1.16. The first-order chi connectivity index (χ1) is 7.85. The Labute approximate surface area is 120 Å². The van der Waals surface area contributed by atoms with Gasteiger partial charge in [-0.1, -0.05) is 15.9 Å². The lowest BCUT2D eigenvalue weighted by atomic mass is 10.2. The maximum atomic E-state index is 12.0. The highest BCUT2D eigenvalue weighted by Gasteiger charge is 2.18. The van der Waals surface area contributed by atoms with Crippen LogP contribution in [0.4, 0.5) is 0 Å². The van der Waals surface area contributed by atoms with Gasteiger partial charge in [0.2, 0.25) is 0 Å². The van der Waals surface area contributed by atoms with Crippen molar-refractivity contribution in [1.82, 2.24) is 5.32 Å². The third kappa shape index (κ3) is 4.56. The number of carbonyl (C=O) groups excluding carboxylic acids is 1. The van der Waals surface area contributed by atoms with E-state index in [2.05, 4.69) is 47.7 Å². The van der Waals surface area contributed by atoms with E-state index in [-0.39, 0.29) is 10.7 Å². The molecule has 1 N–H and O–H groups in total. The van der Waals surface area contributed by atoms with Gasteiger partial charge in [-0.2, -0.15) is 11.8 Å².